The van der Waals surface area contributed by atoms with Gasteiger partial charge in [-0.2, -0.15) is 0 Å². The summed E-state index contributed by atoms with van der Waals surface area (Å²) in [4.78, 5) is 11.4. The molecule has 0 fully saturated rings. The molecule has 88 valence electrons. The Bertz CT molecular complexity index is 350. The highest BCUT2D eigenvalue weighted by molar-refractivity contribution is 5.72. The zero-order valence-electron chi connectivity index (χ0n) is 10.1. The number of benzene rings is 1. The van der Waals surface area contributed by atoms with Crippen LogP contribution in [-0.4, -0.2) is 19.1 Å². The number of hydrogen-bond acceptors (Lipinski definition) is 3. The summed E-state index contributed by atoms with van der Waals surface area (Å²) in [5, 5.41) is 3.25. The molecule has 0 amide bonds. The topological polar surface area (TPSA) is 38.3 Å². The molecule has 1 rings (SSSR count). The monoisotopic (exact) mass is 221 g/mol. The molecular weight excluding hydrogens is 202 g/mol. The van der Waals surface area contributed by atoms with E-state index in [2.05, 4.69) is 5.32 Å². The van der Waals surface area contributed by atoms with Gasteiger partial charge in [0.1, 0.15) is 0 Å². The number of para-hydroxylation sites is 1. The Morgan fingerprint density at radius 1 is 1.44 bits per heavy atom. The Morgan fingerprint density at radius 2 is 2.12 bits per heavy atom. The van der Waals surface area contributed by atoms with Crippen LogP contribution in [0.1, 0.15) is 19.4 Å². The highest BCUT2D eigenvalue weighted by atomic mass is 16.5. The minimum absolute atomic E-state index is 0.125. The third-order valence-corrected chi connectivity index (χ3v) is 2.43. The first-order valence-corrected chi connectivity index (χ1v) is 5.61. The Balaban J connectivity index is 2.46. The predicted octanol–water partition coefficient (Wildman–Crippen LogP) is 2.61. The number of rotatable bonds is 5. The van der Waals surface area contributed by atoms with E-state index in [1.807, 2.05) is 45.0 Å². The molecule has 1 unspecified atom stereocenters. The van der Waals surface area contributed by atoms with Crippen LogP contribution in [0.5, 0.6) is 0 Å². The summed E-state index contributed by atoms with van der Waals surface area (Å²) >= 11 is 0. The molecule has 1 atom stereocenters. The largest absolute Gasteiger partial charge is 0.466 e. The average molecular weight is 221 g/mol. The van der Waals surface area contributed by atoms with Gasteiger partial charge in [0.05, 0.1) is 12.5 Å². The van der Waals surface area contributed by atoms with E-state index in [4.69, 9.17) is 4.74 Å². The zero-order chi connectivity index (χ0) is 12.0. The van der Waals surface area contributed by atoms with E-state index >= 15 is 0 Å². The predicted molar refractivity (Wildman–Crippen MR) is 65.5 cm³/mol. The molecule has 1 N–H and O–H groups in total. The van der Waals surface area contributed by atoms with Crippen molar-refractivity contribution in [3.63, 3.8) is 0 Å². The molecule has 0 saturated carbocycles. The number of hydrogen-bond donors (Lipinski definition) is 1. The number of ether oxygens (including phenoxy) is 1. The summed E-state index contributed by atoms with van der Waals surface area (Å²) in [6, 6.07) is 8.02. The van der Waals surface area contributed by atoms with Gasteiger partial charge >= 0.3 is 5.97 Å². The molecule has 16 heavy (non-hydrogen) atoms. The summed E-state index contributed by atoms with van der Waals surface area (Å²) in [5.41, 5.74) is 2.25. The molecule has 0 aliphatic carbocycles. The second kappa shape index (κ2) is 6.16. The van der Waals surface area contributed by atoms with Gasteiger partial charge in [-0.3, -0.25) is 4.79 Å². The third kappa shape index (κ3) is 3.57. The Hall–Kier alpha value is -1.51. The van der Waals surface area contributed by atoms with Crippen LogP contribution in [0, 0.1) is 12.8 Å². The van der Waals surface area contributed by atoms with E-state index in [0.29, 0.717) is 13.2 Å². The molecule has 1 aromatic carbocycles. The van der Waals surface area contributed by atoms with Crippen LogP contribution in [0.4, 0.5) is 5.69 Å². The number of carbonyl (C=O) groups is 1. The molecule has 0 bridgehead atoms. The van der Waals surface area contributed by atoms with Gasteiger partial charge < -0.3 is 10.1 Å². The Kier molecular flexibility index (Phi) is 4.83. The summed E-state index contributed by atoms with van der Waals surface area (Å²) in [6.07, 6.45) is 0. The molecular formula is C13H19NO2. The maximum absolute atomic E-state index is 11.4. The van der Waals surface area contributed by atoms with Crippen LogP contribution < -0.4 is 5.32 Å². The van der Waals surface area contributed by atoms with Crippen LogP contribution in [0.2, 0.25) is 0 Å². The number of carbonyl (C=O) groups excluding carboxylic acids is 1. The molecule has 0 heterocycles. The Morgan fingerprint density at radius 3 is 2.75 bits per heavy atom. The standard InChI is InChI=1S/C13H19NO2/c1-4-16-13(15)11(3)9-14-12-8-6-5-7-10(12)2/h5-8,11,14H,4,9H2,1-3H3. The van der Waals surface area contributed by atoms with Crippen LogP contribution in [-0.2, 0) is 9.53 Å². The Labute approximate surface area is 96.8 Å². The van der Waals surface area contributed by atoms with Crippen molar-refractivity contribution < 1.29 is 9.53 Å². The average Bonchev–Trinajstić information content (AvgIpc) is 2.28. The van der Waals surface area contributed by atoms with Gasteiger partial charge in [-0.25, -0.2) is 0 Å². The molecule has 3 heteroatoms. The van der Waals surface area contributed by atoms with Gasteiger partial charge in [-0.1, -0.05) is 25.1 Å². The van der Waals surface area contributed by atoms with E-state index < -0.39 is 0 Å². The first kappa shape index (κ1) is 12.6. The van der Waals surface area contributed by atoms with Crippen molar-refractivity contribution in [3.8, 4) is 0 Å². The van der Waals surface area contributed by atoms with Crippen molar-refractivity contribution in [2.45, 2.75) is 20.8 Å². The van der Waals surface area contributed by atoms with E-state index in [-0.39, 0.29) is 11.9 Å². The maximum Gasteiger partial charge on any atom is 0.310 e. The van der Waals surface area contributed by atoms with Gasteiger partial charge in [-0.15, -0.1) is 0 Å². The van der Waals surface area contributed by atoms with E-state index in [0.717, 1.165) is 5.69 Å². The fourth-order valence-corrected chi connectivity index (χ4v) is 1.40. The van der Waals surface area contributed by atoms with Crippen LogP contribution in [0.3, 0.4) is 0 Å². The lowest BCUT2D eigenvalue weighted by Gasteiger charge is -2.13. The molecule has 0 aliphatic heterocycles. The number of aryl methyl sites for hydroxylation is 1. The number of anilines is 1. The molecule has 3 nitrogen and oxygen atoms in total. The van der Waals surface area contributed by atoms with Crippen molar-refractivity contribution in [2.24, 2.45) is 5.92 Å². The maximum atomic E-state index is 11.4. The van der Waals surface area contributed by atoms with Crippen LogP contribution >= 0.6 is 0 Å². The first-order valence-electron chi connectivity index (χ1n) is 5.61. The molecule has 0 aliphatic rings. The van der Waals surface area contributed by atoms with Gasteiger partial charge in [0.25, 0.3) is 0 Å². The number of esters is 1. The normalized spacial score (nSPS) is 11.9. The minimum Gasteiger partial charge on any atom is -0.466 e. The third-order valence-electron chi connectivity index (χ3n) is 2.43. The second-order valence-electron chi connectivity index (χ2n) is 3.85. The lowest BCUT2D eigenvalue weighted by atomic mass is 10.1. The summed E-state index contributed by atoms with van der Waals surface area (Å²) in [7, 11) is 0. The van der Waals surface area contributed by atoms with Crippen molar-refractivity contribution in [3.05, 3.63) is 29.8 Å². The first-order chi connectivity index (χ1) is 7.65. The molecule has 0 saturated heterocycles. The molecule has 0 radical (unpaired) electrons. The zero-order valence-corrected chi connectivity index (χ0v) is 10.1. The summed E-state index contributed by atoms with van der Waals surface area (Å²) in [5.74, 6) is -0.275. The molecule has 0 aromatic heterocycles. The van der Waals surface area contributed by atoms with Gasteiger partial charge in [-0.05, 0) is 25.5 Å². The van der Waals surface area contributed by atoms with Gasteiger partial charge in [0.15, 0.2) is 0 Å². The lowest BCUT2D eigenvalue weighted by Crippen LogP contribution is -2.22. The summed E-state index contributed by atoms with van der Waals surface area (Å²) in [6.45, 7) is 6.76. The SMILES string of the molecule is CCOC(=O)C(C)CNc1ccccc1C. The lowest BCUT2D eigenvalue weighted by molar-refractivity contribution is -0.146. The molecule has 1 aromatic rings. The van der Waals surface area contributed by atoms with E-state index in [1.165, 1.54) is 5.56 Å². The fourth-order valence-electron chi connectivity index (χ4n) is 1.40. The highest BCUT2D eigenvalue weighted by Gasteiger charge is 2.13. The fraction of sp³-hybridized carbons (Fsp3) is 0.462. The van der Waals surface area contributed by atoms with E-state index in [1.54, 1.807) is 0 Å². The molecule has 0 spiro atoms. The highest BCUT2D eigenvalue weighted by Crippen LogP contribution is 2.13. The summed E-state index contributed by atoms with van der Waals surface area (Å²) < 4.78 is 4.94. The van der Waals surface area contributed by atoms with Gasteiger partial charge in [0.2, 0.25) is 0 Å². The van der Waals surface area contributed by atoms with Crippen LogP contribution in [0.25, 0.3) is 0 Å². The minimum atomic E-state index is -0.149. The quantitative estimate of drug-likeness (QED) is 0.777. The smallest absolute Gasteiger partial charge is 0.310 e. The van der Waals surface area contributed by atoms with Crippen molar-refractivity contribution in [1.82, 2.24) is 0 Å². The van der Waals surface area contributed by atoms with E-state index in [9.17, 15) is 4.79 Å². The van der Waals surface area contributed by atoms with Crippen molar-refractivity contribution in [1.29, 1.82) is 0 Å². The van der Waals surface area contributed by atoms with Gasteiger partial charge in [0, 0.05) is 12.2 Å². The van der Waals surface area contributed by atoms with Crippen molar-refractivity contribution in [2.75, 3.05) is 18.5 Å². The van der Waals surface area contributed by atoms with Crippen molar-refractivity contribution >= 4 is 11.7 Å². The second-order valence-corrected chi connectivity index (χ2v) is 3.85. The van der Waals surface area contributed by atoms with Crippen LogP contribution in [0.15, 0.2) is 24.3 Å². The number of nitrogens with one attached hydrogen (secondary N) is 1.